The Kier molecular flexibility index (Phi) is 3.59. The van der Waals surface area contributed by atoms with Crippen LogP contribution >= 0.6 is 15.9 Å². The number of hydrazine groups is 1. The van der Waals surface area contributed by atoms with Gasteiger partial charge in [-0.1, -0.05) is 28.1 Å². The fraction of sp³-hybridized carbons (Fsp3) is 0. The third-order valence-electron chi connectivity index (χ3n) is 3.13. The highest BCUT2D eigenvalue weighted by Gasteiger charge is 2.38. The average Bonchev–Trinajstić information content (AvgIpc) is 2.73. The molecule has 0 atom stereocenters. The SMILES string of the molecule is O=C1c2ccccc2C(=O)N1NS(=O)(=O)c1ccc(Br)cc1. The number of amides is 2. The molecule has 1 aliphatic rings. The van der Waals surface area contributed by atoms with Gasteiger partial charge >= 0.3 is 0 Å². The van der Waals surface area contributed by atoms with Crippen LogP contribution in [0.2, 0.25) is 0 Å². The molecule has 2 aromatic rings. The Balaban J connectivity index is 1.93. The molecule has 3 rings (SSSR count). The van der Waals surface area contributed by atoms with Crippen molar-refractivity contribution in [1.29, 1.82) is 0 Å². The molecule has 1 N–H and O–H groups in total. The highest BCUT2D eigenvalue weighted by atomic mass is 79.9. The monoisotopic (exact) mass is 380 g/mol. The van der Waals surface area contributed by atoms with Gasteiger partial charge in [0.15, 0.2) is 0 Å². The molecule has 0 unspecified atom stereocenters. The van der Waals surface area contributed by atoms with Gasteiger partial charge in [0.05, 0.1) is 16.0 Å². The van der Waals surface area contributed by atoms with Crippen LogP contribution in [-0.4, -0.2) is 25.2 Å². The summed E-state index contributed by atoms with van der Waals surface area (Å²) in [5.41, 5.74) is 0.344. The van der Waals surface area contributed by atoms with Crippen molar-refractivity contribution in [3.05, 3.63) is 64.1 Å². The van der Waals surface area contributed by atoms with Crippen molar-refractivity contribution in [3.63, 3.8) is 0 Å². The zero-order valence-electron chi connectivity index (χ0n) is 11.0. The largest absolute Gasteiger partial charge is 0.277 e. The molecule has 0 aromatic heterocycles. The molecule has 0 spiro atoms. The molecule has 0 saturated carbocycles. The number of halogens is 1. The Morgan fingerprint density at radius 2 is 1.36 bits per heavy atom. The fourth-order valence-corrected chi connectivity index (χ4v) is 3.33. The van der Waals surface area contributed by atoms with E-state index in [2.05, 4.69) is 15.9 Å². The van der Waals surface area contributed by atoms with Crippen molar-refractivity contribution >= 4 is 37.8 Å². The second-order valence-corrected chi connectivity index (χ2v) is 7.12. The summed E-state index contributed by atoms with van der Waals surface area (Å²) in [6.07, 6.45) is 0. The summed E-state index contributed by atoms with van der Waals surface area (Å²) in [6, 6.07) is 12.0. The molecule has 1 aliphatic heterocycles. The van der Waals surface area contributed by atoms with Gasteiger partial charge in [-0.3, -0.25) is 9.59 Å². The predicted octanol–water partition coefficient (Wildman–Crippen LogP) is 1.94. The molecule has 2 amide bonds. The van der Waals surface area contributed by atoms with Crippen LogP contribution in [-0.2, 0) is 10.0 Å². The molecule has 0 fully saturated rings. The van der Waals surface area contributed by atoms with Gasteiger partial charge in [-0.25, -0.2) is 8.42 Å². The number of carbonyl (C=O) groups excluding carboxylic acids is 2. The van der Waals surface area contributed by atoms with Crippen molar-refractivity contribution in [1.82, 2.24) is 9.84 Å². The number of hydrogen-bond acceptors (Lipinski definition) is 4. The highest BCUT2D eigenvalue weighted by Crippen LogP contribution is 2.22. The molecule has 22 heavy (non-hydrogen) atoms. The Labute approximate surface area is 134 Å². The van der Waals surface area contributed by atoms with Crippen LogP contribution in [0, 0.1) is 0 Å². The van der Waals surface area contributed by atoms with Crippen LogP contribution in [0.15, 0.2) is 57.9 Å². The number of rotatable bonds is 3. The first-order valence-electron chi connectivity index (χ1n) is 6.16. The number of carbonyl (C=O) groups is 2. The van der Waals surface area contributed by atoms with E-state index in [1.807, 2.05) is 4.83 Å². The minimum absolute atomic E-state index is 0.0488. The van der Waals surface area contributed by atoms with Gasteiger partial charge in [-0.15, -0.1) is 4.83 Å². The number of nitrogens with zero attached hydrogens (tertiary/aromatic N) is 1. The number of nitrogens with one attached hydrogen (secondary N) is 1. The normalized spacial score (nSPS) is 14.3. The lowest BCUT2D eigenvalue weighted by Crippen LogP contribution is -2.45. The van der Waals surface area contributed by atoms with E-state index >= 15 is 0 Å². The van der Waals surface area contributed by atoms with Crippen LogP contribution in [0.25, 0.3) is 0 Å². The number of benzene rings is 2. The minimum atomic E-state index is -4.03. The van der Waals surface area contributed by atoms with Crippen LogP contribution in [0.1, 0.15) is 20.7 Å². The lowest BCUT2D eigenvalue weighted by atomic mass is 10.1. The van der Waals surface area contributed by atoms with E-state index in [0.717, 1.165) is 0 Å². The third kappa shape index (κ3) is 2.45. The van der Waals surface area contributed by atoms with E-state index < -0.39 is 21.8 Å². The quantitative estimate of drug-likeness (QED) is 0.824. The molecule has 112 valence electrons. The van der Waals surface area contributed by atoms with E-state index in [4.69, 9.17) is 0 Å². The van der Waals surface area contributed by atoms with Crippen molar-refractivity contribution in [2.45, 2.75) is 4.90 Å². The van der Waals surface area contributed by atoms with Crippen molar-refractivity contribution in [2.75, 3.05) is 0 Å². The third-order valence-corrected chi connectivity index (χ3v) is 4.97. The second-order valence-electron chi connectivity index (χ2n) is 4.54. The Morgan fingerprint density at radius 3 is 1.86 bits per heavy atom. The summed E-state index contributed by atoms with van der Waals surface area (Å²) in [5.74, 6) is -1.39. The summed E-state index contributed by atoms with van der Waals surface area (Å²) < 4.78 is 25.3. The lowest BCUT2D eigenvalue weighted by molar-refractivity contribution is 0.0618. The Bertz CT molecular complexity index is 843. The molecular weight excluding hydrogens is 372 g/mol. The Morgan fingerprint density at radius 1 is 0.864 bits per heavy atom. The highest BCUT2D eigenvalue weighted by molar-refractivity contribution is 9.10. The molecule has 0 bridgehead atoms. The lowest BCUT2D eigenvalue weighted by Gasteiger charge is -2.15. The topological polar surface area (TPSA) is 83.6 Å². The van der Waals surface area contributed by atoms with E-state index in [9.17, 15) is 18.0 Å². The van der Waals surface area contributed by atoms with Crippen molar-refractivity contribution in [3.8, 4) is 0 Å². The van der Waals surface area contributed by atoms with Gasteiger partial charge in [0.1, 0.15) is 0 Å². The zero-order valence-corrected chi connectivity index (χ0v) is 13.4. The van der Waals surface area contributed by atoms with E-state index in [1.54, 1.807) is 24.3 Å². The maximum Gasteiger partial charge on any atom is 0.277 e. The van der Waals surface area contributed by atoms with Crippen LogP contribution in [0.5, 0.6) is 0 Å². The zero-order chi connectivity index (χ0) is 15.9. The smallest absolute Gasteiger partial charge is 0.267 e. The first-order valence-corrected chi connectivity index (χ1v) is 8.43. The predicted molar refractivity (Wildman–Crippen MR) is 81.4 cm³/mol. The summed E-state index contributed by atoms with van der Waals surface area (Å²) in [6.45, 7) is 0. The summed E-state index contributed by atoms with van der Waals surface area (Å²) in [5, 5.41) is 0.516. The molecule has 6 nitrogen and oxygen atoms in total. The van der Waals surface area contributed by atoms with E-state index in [1.165, 1.54) is 24.3 Å². The fourth-order valence-electron chi connectivity index (χ4n) is 2.06. The molecular formula is C14H9BrN2O4S. The van der Waals surface area contributed by atoms with Crippen molar-refractivity contribution < 1.29 is 18.0 Å². The summed E-state index contributed by atoms with van der Waals surface area (Å²) in [7, 11) is -4.03. The number of hydrogen-bond donors (Lipinski definition) is 1. The Hall–Kier alpha value is -2.03. The van der Waals surface area contributed by atoms with Gasteiger partial charge < -0.3 is 0 Å². The van der Waals surface area contributed by atoms with Gasteiger partial charge in [0.25, 0.3) is 21.8 Å². The maximum atomic E-state index is 12.3. The minimum Gasteiger partial charge on any atom is -0.267 e. The first-order chi connectivity index (χ1) is 10.4. The standard InChI is InChI=1S/C14H9BrN2O4S/c15-9-5-7-10(8-6-9)22(20,21)16-17-13(18)11-3-1-2-4-12(11)14(17)19/h1-8,16H. The van der Waals surface area contributed by atoms with E-state index in [-0.39, 0.29) is 16.0 Å². The molecule has 0 radical (unpaired) electrons. The molecule has 2 aromatic carbocycles. The van der Waals surface area contributed by atoms with E-state index in [0.29, 0.717) is 9.48 Å². The number of fused-ring (bicyclic) bond motifs is 1. The maximum absolute atomic E-state index is 12.3. The van der Waals surface area contributed by atoms with Gasteiger partial charge in [-0.05, 0) is 36.4 Å². The molecule has 8 heteroatoms. The van der Waals surface area contributed by atoms with Gasteiger partial charge in [-0.2, -0.15) is 5.01 Å². The van der Waals surface area contributed by atoms with Gasteiger partial charge in [0, 0.05) is 4.47 Å². The van der Waals surface area contributed by atoms with Crippen LogP contribution in [0.3, 0.4) is 0 Å². The average molecular weight is 381 g/mol. The number of sulfonamides is 1. The molecule has 1 heterocycles. The van der Waals surface area contributed by atoms with Crippen molar-refractivity contribution in [2.24, 2.45) is 0 Å². The van der Waals surface area contributed by atoms with Crippen LogP contribution in [0.4, 0.5) is 0 Å². The van der Waals surface area contributed by atoms with Gasteiger partial charge in [0.2, 0.25) is 0 Å². The first kappa shape index (κ1) is 14.9. The summed E-state index contributed by atoms with van der Waals surface area (Å²) in [4.78, 5) is 26.3. The second kappa shape index (κ2) is 5.31. The molecule has 0 saturated heterocycles. The summed E-state index contributed by atoms with van der Waals surface area (Å²) >= 11 is 3.21. The number of imide groups is 1. The molecule has 0 aliphatic carbocycles. The van der Waals surface area contributed by atoms with Crippen LogP contribution < -0.4 is 4.83 Å².